The van der Waals surface area contributed by atoms with Crippen molar-refractivity contribution in [2.75, 3.05) is 0 Å². The zero-order chi connectivity index (χ0) is 11.5. The van der Waals surface area contributed by atoms with Gasteiger partial charge in [0.15, 0.2) is 0 Å². The highest BCUT2D eigenvalue weighted by Gasteiger charge is 2.29. The number of hydrazone groups is 1. The van der Waals surface area contributed by atoms with Gasteiger partial charge in [0.25, 0.3) is 0 Å². The molecule has 84 valence electrons. The van der Waals surface area contributed by atoms with Crippen LogP contribution in [0.15, 0.2) is 29.4 Å². The van der Waals surface area contributed by atoms with Gasteiger partial charge in [-0.3, -0.25) is 4.79 Å². The molecule has 0 aromatic heterocycles. The third kappa shape index (κ3) is 2.45. The summed E-state index contributed by atoms with van der Waals surface area (Å²) in [6.45, 7) is 1.67. The van der Waals surface area contributed by atoms with Gasteiger partial charge in [0.1, 0.15) is 5.82 Å². The van der Waals surface area contributed by atoms with Gasteiger partial charge >= 0.3 is 0 Å². The summed E-state index contributed by atoms with van der Waals surface area (Å²) in [5.74, 6) is -0.294. The van der Waals surface area contributed by atoms with Crippen LogP contribution in [0.2, 0.25) is 0 Å². The highest BCUT2D eigenvalue weighted by atomic mass is 19.1. The normalized spacial score (nSPS) is 16.0. The minimum Gasteiger partial charge on any atom is -0.273 e. The molecule has 1 N–H and O–H groups in total. The van der Waals surface area contributed by atoms with Crippen molar-refractivity contribution in [2.24, 2.45) is 11.0 Å². The van der Waals surface area contributed by atoms with Gasteiger partial charge in [0, 0.05) is 11.5 Å². The first-order valence-electron chi connectivity index (χ1n) is 5.27. The second-order valence-corrected chi connectivity index (χ2v) is 3.93. The molecular formula is C12H13FN2O. The zero-order valence-electron chi connectivity index (χ0n) is 9.03. The standard InChI is InChI=1S/C12H13FN2O/c1-8(10-4-2-3-5-11(10)13)14-15-12(16)9-6-7-9/h2-5,9H,6-7H2,1H3,(H,15,16)/b14-8+. The quantitative estimate of drug-likeness (QED) is 0.615. The Bertz CT molecular complexity index is 438. The van der Waals surface area contributed by atoms with Crippen molar-refractivity contribution in [2.45, 2.75) is 19.8 Å². The molecule has 0 aliphatic heterocycles. The van der Waals surface area contributed by atoms with Crippen molar-refractivity contribution in [3.8, 4) is 0 Å². The summed E-state index contributed by atoms with van der Waals surface area (Å²) in [6, 6.07) is 6.36. The number of rotatable bonds is 3. The summed E-state index contributed by atoms with van der Waals surface area (Å²) in [7, 11) is 0. The largest absolute Gasteiger partial charge is 0.273 e. The number of halogens is 1. The first kappa shape index (κ1) is 10.8. The average molecular weight is 220 g/mol. The van der Waals surface area contributed by atoms with E-state index in [0.29, 0.717) is 11.3 Å². The number of nitrogens with one attached hydrogen (secondary N) is 1. The van der Waals surface area contributed by atoms with E-state index < -0.39 is 0 Å². The van der Waals surface area contributed by atoms with E-state index in [1.54, 1.807) is 25.1 Å². The molecule has 1 fully saturated rings. The second-order valence-electron chi connectivity index (χ2n) is 3.93. The molecule has 1 saturated carbocycles. The van der Waals surface area contributed by atoms with Crippen LogP contribution in [0.25, 0.3) is 0 Å². The van der Waals surface area contributed by atoms with Gasteiger partial charge in [-0.25, -0.2) is 9.82 Å². The molecule has 4 heteroatoms. The zero-order valence-corrected chi connectivity index (χ0v) is 9.03. The minimum absolute atomic E-state index is 0.0734. The van der Waals surface area contributed by atoms with E-state index >= 15 is 0 Å². The van der Waals surface area contributed by atoms with E-state index in [1.807, 2.05) is 0 Å². The van der Waals surface area contributed by atoms with Crippen LogP contribution >= 0.6 is 0 Å². The van der Waals surface area contributed by atoms with Crippen LogP contribution in [0.4, 0.5) is 4.39 Å². The van der Waals surface area contributed by atoms with Crippen LogP contribution in [0.3, 0.4) is 0 Å². The smallest absolute Gasteiger partial charge is 0.243 e. The summed E-state index contributed by atoms with van der Waals surface area (Å²) in [5, 5.41) is 3.89. The van der Waals surface area contributed by atoms with Crippen LogP contribution in [0.5, 0.6) is 0 Å². The fourth-order valence-electron chi connectivity index (χ4n) is 1.39. The van der Waals surface area contributed by atoms with Crippen LogP contribution in [-0.4, -0.2) is 11.6 Å². The van der Waals surface area contributed by atoms with Crippen LogP contribution < -0.4 is 5.43 Å². The molecule has 3 nitrogen and oxygen atoms in total. The van der Waals surface area contributed by atoms with Crippen molar-refractivity contribution in [1.29, 1.82) is 0 Å². The highest BCUT2D eigenvalue weighted by molar-refractivity contribution is 5.99. The number of hydrogen-bond acceptors (Lipinski definition) is 2. The van der Waals surface area contributed by atoms with E-state index in [-0.39, 0.29) is 17.6 Å². The molecule has 16 heavy (non-hydrogen) atoms. The first-order valence-corrected chi connectivity index (χ1v) is 5.27. The number of carbonyl (C=O) groups excluding carboxylic acids is 1. The van der Waals surface area contributed by atoms with Crippen molar-refractivity contribution >= 4 is 11.6 Å². The van der Waals surface area contributed by atoms with Crippen LogP contribution in [-0.2, 0) is 4.79 Å². The average Bonchev–Trinajstić information content (AvgIpc) is 3.10. The monoisotopic (exact) mass is 220 g/mol. The maximum Gasteiger partial charge on any atom is 0.243 e. The van der Waals surface area contributed by atoms with Gasteiger partial charge in [-0.1, -0.05) is 18.2 Å². The Hall–Kier alpha value is -1.71. The Kier molecular flexibility index (Phi) is 2.99. The Balaban J connectivity index is 2.06. The summed E-state index contributed by atoms with van der Waals surface area (Å²) in [5.41, 5.74) is 3.35. The third-order valence-electron chi connectivity index (χ3n) is 2.55. The van der Waals surface area contributed by atoms with Crippen molar-refractivity contribution < 1.29 is 9.18 Å². The van der Waals surface area contributed by atoms with Gasteiger partial charge in [-0.05, 0) is 25.8 Å². The lowest BCUT2D eigenvalue weighted by Gasteiger charge is -2.02. The molecule has 0 atom stereocenters. The van der Waals surface area contributed by atoms with E-state index in [4.69, 9.17) is 0 Å². The molecule has 0 bridgehead atoms. The molecule has 1 aliphatic carbocycles. The molecule has 0 saturated heterocycles. The predicted octanol–water partition coefficient (Wildman–Crippen LogP) is 2.08. The molecule has 1 aromatic rings. The van der Waals surface area contributed by atoms with Crippen LogP contribution in [0, 0.1) is 11.7 Å². The van der Waals surface area contributed by atoms with Crippen LogP contribution in [0.1, 0.15) is 25.3 Å². The maximum atomic E-state index is 13.3. The van der Waals surface area contributed by atoms with E-state index in [1.165, 1.54) is 6.07 Å². The summed E-state index contributed by atoms with van der Waals surface area (Å²) in [4.78, 5) is 11.3. The summed E-state index contributed by atoms with van der Waals surface area (Å²) < 4.78 is 13.3. The van der Waals surface area contributed by atoms with Crippen molar-refractivity contribution in [3.05, 3.63) is 35.6 Å². The van der Waals surface area contributed by atoms with Gasteiger partial charge in [-0.15, -0.1) is 0 Å². The van der Waals surface area contributed by atoms with Gasteiger partial charge in [0.05, 0.1) is 5.71 Å². The number of hydrogen-bond donors (Lipinski definition) is 1. The molecule has 0 spiro atoms. The molecule has 1 amide bonds. The van der Waals surface area contributed by atoms with E-state index in [0.717, 1.165) is 12.8 Å². The Morgan fingerprint density at radius 2 is 2.12 bits per heavy atom. The minimum atomic E-state index is -0.329. The lowest BCUT2D eigenvalue weighted by atomic mass is 10.1. The van der Waals surface area contributed by atoms with Crippen molar-refractivity contribution in [3.63, 3.8) is 0 Å². The second kappa shape index (κ2) is 4.43. The molecule has 1 aliphatic rings. The lowest BCUT2D eigenvalue weighted by Crippen LogP contribution is -2.20. The molecule has 1 aromatic carbocycles. The highest BCUT2D eigenvalue weighted by Crippen LogP contribution is 2.28. The number of nitrogens with zero attached hydrogens (tertiary/aromatic N) is 1. The SMILES string of the molecule is C/C(=N\NC(=O)C1CC1)c1ccccc1F. The molecule has 0 heterocycles. The lowest BCUT2D eigenvalue weighted by molar-refractivity contribution is -0.122. The van der Waals surface area contributed by atoms with Gasteiger partial charge < -0.3 is 0 Å². The van der Waals surface area contributed by atoms with E-state index in [2.05, 4.69) is 10.5 Å². The number of benzene rings is 1. The Labute approximate surface area is 93.4 Å². The Morgan fingerprint density at radius 1 is 1.44 bits per heavy atom. The fraction of sp³-hybridized carbons (Fsp3) is 0.333. The first-order chi connectivity index (χ1) is 7.68. The maximum absolute atomic E-state index is 13.3. The van der Waals surface area contributed by atoms with Crippen molar-refractivity contribution in [1.82, 2.24) is 5.43 Å². The molecule has 0 radical (unpaired) electrons. The third-order valence-corrected chi connectivity index (χ3v) is 2.55. The van der Waals surface area contributed by atoms with E-state index in [9.17, 15) is 9.18 Å². The predicted molar refractivity (Wildman–Crippen MR) is 59.5 cm³/mol. The molecule has 2 rings (SSSR count). The number of amides is 1. The van der Waals surface area contributed by atoms with Gasteiger partial charge in [0.2, 0.25) is 5.91 Å². The Morgan fingerprint density at radius 3 is 2.75 bits per heavy atom. The number of carbonyl (C=O) groups is 1. The molecule has 0 unspecified atom stereocenters. The fourth-order valence-corrected chi connectivity index (χ4v) is 1.39. The summed E-state index contributed by atoms with van der Waals surface area (Å²) in [6.07, 6.45) is 1.86. The van der Waals surface area contributed by atoms with Gasteiger partial charge in [-0.2, -0.15) is 5.10 Å². The summed E-state index contributed by atoms with van der Waals surface area (Å²) >= 11 is 0. The molecular weight excluding hydrogens is 207 g/mol. The topological polar surface area (TPSA) is 41.5 Å².